The number of nitrogens with two attached hydrogens (primary N) is 1. The van der Waals surface area contributed by atoms with Crippen LogP contribution in [0.3, 0.4) is 0 Å². The zero-order valence-corrected chi connectivity index (χ0v) is 16.2. The molecule has 1 aliphatic rings. The van der Waals surface area contributed by atoms with Crippen LogP contribution in [0.5, 0.6) is 0 Å². The molecule has 140 valence electrons. The van der Waals surface area contributed by atoms with Crippen molar-refractivity contribution in [3.8, 4) is 5.69 Å². The first-order chi connectivity index (χ1) is 13.1. The summed E-state index contributed by atoms with van der Waals surface area (Å²) < 4.78 is 6.92. The summed E-state index contributed by atoms with van der Waals surface area (Å²) in [5.41, 5.74) is 8.46. The Balaban J connectivity index is 1.77. The fraction of sp³-hybridized carbons (Fsp3) is 0.350. The van der Waals surface area contributed by atoms with Crippen LogP contribution in [0.25, 0.3) is 16.5 Å². The second-order valence-corrected chi connectivity index (χ2v) is 7.99. The fourth-order valence-corrected chi connectivity index (χ4v) is 4.17. The Morgan fingerprint density at radius 2 is 2.00 bits per heavy atom. The van der Waals surface area contributed by atoms with Crippen LogP contribution in [0.1, 0.15) is 38.2 Å². The molecule has 0 amide bonds. The summed E-state index contributed by atoms with van der Waals surface area (Å²) in [5, 5.41) is 10.8. The van der Waals surface area contributed by atoms with Gasteiger partial charge in [0.2, 0.25) is 5.95 Å². The zero-order valence-electron chi connectivity index (χ0n) is 15.4. The predicted octanol–water partition coefficient (Wildman–Crippen LogP) is 3.92. The quantitative estimate of drug-likeness (QED) is 0.514. The summed E-state index contributed by atoms with van der Waals surface area (Å²) in [5.74, 6) is 0.683. The molecule has 0 radical (unpaired) electrons. The van der Waals surface area contributed by atoms with Gasteiger partial charge in [-0.15, -0.1) is 10.2 Å². The third-order valence-corrected chi connectivity index (χ3v) is 5.77. The number of thioether (sulfide) groups is 1. The van der Waals surface area contributed by atoms with Crippen LogP contribution in [0.4, 0.5) is 5.95 Å². The van der Waals surface area contributed by atoms with E-state index in [0.29, 0.717) is 23.6 Å². The van der Waals surface area contributed by atoms with Crippen LogP contribution >= 0.6 is 11.8 Å². The molecule has 7 heteroatoms. The number of hydrogen-bond acceptors (Lipinski definition) is 6. The van der Waals surface area contributed by atoms with Crippen molar-refractivity contribution in [3.05, 3.63) is 42.0 Å². The number of benzene rings is 2. The van der Waals surface area contributed by atoms with Crippen LogP contribution in [-0.4, -0.2) is 32.6 Å². The maximum absolute atomic E-state index is 12.0. The minimum absolute atomic E-state index is 0.274. The maximum atomic E-state index is 12.0. The number of rotatable bonds is 6. The van der Waals surface area contributed by atoms with Gasteiger partial charge >= 0.3 is 5.97 Å². The Bertz CT molecular complexity index is 997. The first-order valence-corrected chi connectivity index (χ1v) is 10.0. The molecule has 0 saturated heterocycles. The second-order valence-electron chi connectivity index (χ2n) is 6.68. The summed E-state index contributed by atoms with van der Waals surface area (Å²) in [6, 6.07) is 12.6. The van der Waals surface area contributed by atoms with Crippen LogP contribution in [0.15, 0.2) is 41.6 Å². The van der Waals surface area contributed by atoms with E-state index >= 15 is 0 Å². The van der Waals surface area contributed by atoms with Crippen molar-refractivity contribution in [2.75, 3.05) is 12.3 Å². The molecule has 2 aromatic carbocycles. The number of fused-ring (bicyclic) bond motifs is 1. The van der Waals surface area contributed by atoms with Gasteiger partial charge in [0.1, 0.15) is 5.25 Å². The molecule has 0 aliphatic heterocycles. The van der Waals surface area contributed by atoms with E-state index in [2.05, 4.69) is 40.5 Å². The monoisotopic (exact) mass is 382 g/mol. The van der Waals surface area contributed by atoms with Crippen molar-refractivity contribution < 1.29 is 9.53 Å². The molecular formula is C20H22N4O2S. The Kier molecular flexibility index (Phi) is 4.78. The number of aromatic nitrogens is 3. The minimum atomic E-state index is -0.399. The smallest absolute Gasteiger partial charge is 0.319 e. The zero-order chi connectivity index (χ0) is 19.0. The van der Waals surface area contributed by atoms with E-state index in [1.54, 1.807) is 13.8 Å². The first-order valence-electron chi connectivity index (χ1n) is 9.16. The topological polar surface area (TPSA) is 83.0 Å². The molecule has 1 saturated carbocycles. The van der Waals surface area contributed by atoms with Gasteiger partial charge in [0.25, 0.3) is 0 Å². The van der Waals surface area contributed by atoms with Gasteiger partial charge in [-0.25, -0.2) is 0 Å². The van der Waals surface area contributed by atoms with Crippen molar-refractivity contribution in [1.82, 2.24) is 14.8 Å². The predicted molar refractivity (Wildman–Crippen MR) is 107 cm³/mol. The first kappa shape index (κ1) is 17.9. The number of nitrogens with zero attached hydrogens (tertiary/aromatic N) is 3. The molecule has 1 atom stereocenters. The van der Waals surface area contributed by atoms with Gasteiger partial charge in [-0.3, -0.25) is 9.36 Å². The Morgan fingerprint density at radius 1 is 1.26 bits per heavy atom. The molecule has 4 rings (SSSR count). The van der Waals surface area contributed by atoms with Crippen molar-refractivity contribution in [1.29, 1.82) is 0 Å². The lowest BCUT2D eigenvalue weighted by molar-refractivity contribution is -0.142. The molecule has 2 N–H and O–H groups in total. The highest BCUT2D eigenvalue weighted by atomic mass is 32.2. The molecule has 1 fully saturated rings. The van der Waals surface area contributed by atoms with Gasteiger partial charge in [0, 0.05) is 5.39 Å². The number of ether oxygens (including phenoxy) is 1. The maximum Gasteiger partial charge on any atom is 0.319 e. The number of esters is 1. The van der Waals surface area contributed by atoms with Gasteiger partial charge in [-0.1, -0.05) is 42.1 Å². The molecule has 1 unspecified atom stereocenters. The average molecular weight is 382 g/mol. The average Bonchev–Trinajstić information content (AvgIpc) is 3.45. The van der Waals surface area contributed by atoms with E-state index in [-0.39, 0.29) is 5.97 Å². The molecule has 1 aliphatic carbocycles. The van der Waals surface area contributed by atoms with E-state index < -0.39 is 5.25 Å². The molecular weight excluding hydrogens is 360 g/mol. The van der Waals surface area contributed by atoms with Crippen molar-refractivity contribution in [2.24, 2.45) is 0 Å². The third kappa shape index (κ3) is 3.39. The van der Waals surface area contributed by atoms with E-state index in [0.717, 1.165) is 11.1 Å². The van der Waals surface area contributed by atoms with Gasteiger partial charge in [-0.05, 0) is 49.6 Å². The van der Waals surface area contributed by atoms with Crippen LogP contribution in [0.2, 0.25) is 0 Å². The summed E-state index contributed by atoms with van der Waals surface area (Å²) >= 11 is 1.30. The highest BCUT2D eigenvalue weighted by Gasteiger charge is 2.27. The number of nitrogen functional groups attached to an aromatic ring is 1. The SMILES string of the molecule is CCOC(=O)C(C)Sc1nnc(N)n1-c1ccc(C2CC2)c2ccccc12. The Labute approximate surface area is 162 Å². The summed E-state index contributed by atoms with van der Waals surface area (Å²) in [6.07, 6.45) is 2.49. The van der Waals surface area contributed by atoms with Crippen LogP contribution in [-0.2, 0) is 9.53 Å². The van der Waals surface area contributed by atoms with Gasteiger partial charge in [0.15, 0.2) is 5.16 Å². The van der Waals surface area contributed by atoms with Crippen LogP contribution < -0.4 is 5.73 Å². The van der Waals surface area contributed by atoms with E-state index in [4.69, 9.17) is 10.5 Å². The fourth-order valence-electron chi connectivity index (χ4n) is 3.30. The Morgan fingerprint density at radius 3 is 2.70 bits per heavy atom. The van der Waals surface area contributed by atoms with E-state index in [9.17, 15) is 4.79 Å². The highest BCUT2D eigenvalue weighted by molar-refractivity contribution is 8.00. The Hall–Kier alpha value is -2.54. The molecule has 6 nitrogen and oxygen atoms in total. The largest absolute Gasteiger partial charge is 0.465 e. The second kappa shape index (κ2) is 7.23. The number of anilines is 1. The lowest BCUT2D eigenvalue weighted by Gasteiger charge is -2.15. The van der Waals surface area contributed by atoms with E-state index in [1.807, 2.05) is 10.6 Å². The summed E-state index contributed by atoms with van der Waals surface area (Å²) in [6.45, 7) is 3.95. The van der Waals surface area contributed by atoms with Gasteiger partial charge < -0.3 is 10.5 Å². The molecule has 3 aromatic rings. The molecule has 0 spiro atoms. The lowest BCUT2D eigenvalue weighted by Crippen LogP contribution is -2.17. The van der Waals surface area contributed by atoms with Crippen molar-refractivity contribution in [2.45, 2.75) is 43.0 Å². The third-order valence-electron chi connectivity index (χ3n) is 4.75. The number of carbonyl (C=O) groups is 1. The van der Waals surface area contributed by atoms with Crippen molar-refractivity contribution >= 4 is 34.5 Å². The highest BCUT2D eigenvalue weighted by Crippen LogP contribution is 2.44. The summed E-state index contributed by atoms with van der Waals surface area (Å²) in [7, 11) is 0. The number of carbonyl (C=O) groups excluding carboxylic acids is 1. The van der Waals surface area contributed by atoms with Gasteiger partial charge in [-0.2, -0.15) is 0 Å². The van der Waals surface area contributed by atoms with E-state index in [1.165, 1.54) is 35.6 Å². The van der Waals surface area contributed by atoms with Crippen LogP contribution in [0, 0.1) is 0 Å². The number of hydrogen-bond donors (Lipinski definition) is 1. The molecule has 0 bridgehead atoms. The standard InChI is InChI=1S/C20H22N4O2S/c1-3-26-18(25)12(2)27-20-23-22-19(21)24(20)17-11-10-14(13-8-9-13)15-6-4-5-7-16(15)17/h4-7,10-13H,3,8-9H2,1-2H3,(H2,21,22). The molecule has 27 heavy (non-hydrogen) atoms. The van der Waals surface area contributed by atoms with Crippen molar-refractivity contribution in [3.63, 3.8) is 0 Å². The normalized spacial score (nSPS) is 15.0. The molecule has 1 aromatic heterocycles. The minimum Gasteiger partial charge on any atom is -0.465 e. The summed E-state index contributed by atoms with van der Waals surface area (Å²) in [4.78, 5) is 12.0. The van der Waals surface area contributed by atoms with Gasteiger partial charge in [0.05, 0.1) is 12.3 Å². The lowest BCUT2D eigenvalue weighted by atomic mass is 9.99. The molecule has 1 heterocycles.